The Labute approximate surface area is 306 Å². The van der Waals surface area contributed by atoms with Gasteiger partial charge in [-0.2, -0.15) is 0 Å². The maximum absolute atomic E-state index is 2.83. The Balaban J connectivity index is 1.56. The summed E-state index contributed by atoms with van der Waals surface area (Å²) in [7, 11) is 0. The van der Waals surface area contributed by atoms with Crippen molar-refractivity contribution >= 4 is 0 Å². The molecule has 1 heterocycles. The van der Waals surface area contributed by atoms with Gasteiger partial charge >= 0.3 is 0 Å². The van der Waals surface area contributed by atoms with Crippen LogP contribution >= 0.6 is 0 Å². The number of hydrogen-bond acceptors (Lipinski definition) is 2. The summed E-state index contributed by atoms with van der Waals surface area (Å²) in [5, 5.41) is 0. The molecule has 2 heteroatoms. The van der Waals surface area contributed by atoms with Gasteiger partial charge in [-0.05, 0) is 133 Å². The number of nitrogens with zero attached hydrogens (tertiary/aromatic N) is 2. The van der Waals surface area contributed by atoms with E-state index < -0.39 is 0 Å². The third-order valence-electron chi connectivity index (χ3n) is 12.1. The van der Waals surface area contributed by atoms with Gasteiger partial charge < -0.3 is 0 Å². The van der Waals surface area contributed by atoms with Crippen LogP contribution in [0.25, 0.3) is 0 Å². The van der Waals surface area contributed by atoms with Crippen LogP contribution in [0, 0.1) is 55.4 Å². The molecule has 0 unspecified atom stereocenters. The van der Waals surface area contributed by atoms with Crippen LogP contribution in [0.3, 0.4) is 0 Å². The fraction of sp³-hybridized carbons (Fsp3) is 0.265. The fourth-order valence-electron chi connectivity index (χ4n) is 8.59. The molecule has 0 aromatic heterocycles. The molecule has 6 aromatic carbocycles. The van der Waals surface area contributed by atoms with E-state index in [4.69, 9.17) is 0 Å². The minimum atomic E-state index is 0.0454. The smallest absolute Gasteiger partial charge is 0.0625 e. The number of benzene rings is 6. The molecule has 0 bridgehead atoms. The summed E-state index contributed by atoms with van der Waals surface area (Å²) in [4.78, 5) is 5.67. The van der Waals surface area contributed by atoms with E-state index in [1.165, 1.54) is 77.9 Å². The van der Waals surface area contributed by atoms with Gasteiger partial charge in [0.25, 0.3) is 0 Å². The van der Waals surface area contributed by atoms with Crippen molar-refractivity contribution in [2.45, 2.75) is 79.6 Å². The highest BCUT2D eigenvalue weighted by Crippen LogP contribution is 2.54. The summed E-state index contributed by atoms with van der Waals surface area (Å²) in [5.41, 5.74) is 19.0. The normalized spacial score (nSPS) is 16.7. The second kappa shape index (κ2) is 14.5. The summed E-state index contributed by atoms with van der Waals surface area (Å²) in [6, 6.07) is 50.4. The number of aryl methyl sites for hydroxylation is 4. The van der Waals surface area contributed by atoms with Crippen LogP contribution in [0.1, 0.15) is 102 Å². The molecule has 1 aliphatic rings. The van der Waals surface area contributed by atoms with E-state index in [0.29, 0.717) is 0 Å². The quantitative estimate of drug-likeness (QED) is 0.159. The lowest BCUT2D eigenvalue weighted by Gasteiger charge is -2.37. The van der Waals surface area contributed by atoms with Gasteiger partial charge in [-0.25, -0.2) is 0 Å². The van der Waals surface area contributed by atoms with Crippen LogP contribution in [0.15, 0.2) is 133 Å². The van der Waals surface area contributed by atoms with Crippen LogP contribution in [-0.2, 0) is 0 Å². The van der Waals surface area contributed by atoms with Gasteiger partial charge in [0.1, 0.15) is 0 Å². The predicted octanol–water partition coefficient (Wildman–Crippen LogP) is 12.1. The average Bonchev–Trinajstić information content (AvgIpc) is 3.52. The van der Waals surface area contributed by atoms with Crippen LogP contribution in [-0.4, -0.2) is 16.5 Å². The molecule has 1 aliphatic heterocycles. The largest absolute Gasteiger partial charge is 0.270 e. The van der Waals surface area contributed by atoms with Gasteiger partial charge in [-0.1, -0.05) is 133 Å². The number of rotatable bonds is 8. The van der Waals surface area contributed by atoms with Crippen molar-refractivity contribution in [3.05, 3.63) is 211 Å². The molecule has 51 heavy (non-hydrogen) atoms. The Morgan fingerprint density at radius 1 is 0.353 bits per heavy atom. The minimum Gasteiger partial charge on any atom is -0.270 e. The van der Waals surface area contributed by atoms with E-state index in [1.54, 1.807) is 0 Å². The lowest BCUT2D eigenvalue weighted by atomic mass is 9.84. The summed E-state index contributed by atoms with van der Waals surface area (Å²) in [6.07, 6.45) is 0. The van der Waals surface area contributed by atoms with Crippen molar-refractivity contribution in [3.8, 4) is 0 Å². The SMILES string of the molecule is Cc1cccc(C(c2cccc(C)c2C)N2CN(C(c3cccc(C)c3C)c3cccc(C)c3C)[C@@H](c3ccccc3)[C@@H]2c2ccccc2)c1C. The molecule has 1 fully saturated rings. The van der Waals surface area contributed by atoms with E-state index in [-0.39, 0.29) is 24.2 Å². The molecule has 1 saturated heterocycles. The summed E-state index contributed by atoms with van der Waals surface area (Å²) in [6.45, 7) is 19.1. The third kappa shape index (κ3) is 6.37. The minimum absolute atomic E-state index is 0.0454. The zero-order valence-electron chi connectivity index (χ0n) is 31.6. The van der Waals surface area contributed by atoms with Crippen molar-refractivity contribution in [2.24, 2.45) is 0 Å². The average molecular weight is 669 g/mol. The van der Waals surface area contributed by atoms with Crippen LogP contribution < -0.4 is 0 Å². The molecule has 0 saturated carbocycles. The molecule has 2 nitrogen and oxygen atoms in total. The first kappa shape index (κ1) is 34.7. The Hall–Kier alpha value is -4.76. The highest BCUT2D eigenvalue weighted by molar-refractivity contribution is 5.49. The Morgan fingerprint density at radius 3 is 0.902 bits per heavy atom. The van der Waals surface area contributed by atoms with Crippen LogP contribution in [0.5, 0.6) is 0 Å². The molecule has 2 atom stereocenters. The zero-order valence-corrected chi connectivity index (χ0v) is 31.6. The molecule has 0 aliphatic carbocycles. The van der Waals surface area contributed by atoms with E-state index in [0.717, 1.165) is 6.67 Å². The van der Waals surface area contributed by atoms with Gasteiger partial charge in [-0.3, -0.25) is 9.80 Å². The van der Waals surface area contributed by atoms with E-state index in [2.05, 4.69) is 199 Å². The third-order valence-corrected chi connectivity index (χ3v) is 12.1. The molecule has 0 radical (unpaired) electrons. The molecule has 258 valence electrons. The molecule has 0 spiro atoms. The van der Waals surface area contributed by atoms with Gasteiger partial charge in [0.05, 0.1) is 30.8 Å². The molecule has 6 aromatic rings. The second-order valence-electron chi connectivity index (χ2n) is 14.8. The topological polar surface area (TPSA) is 6.48 Å². The van der Waals surface area contributed by atoms with Gasteiger partial charge in [-0.15, -0.1) is 0 Å². The first-order chi connectivity index (χ1) is 24.7. The van der Waals surface area contributed by atoms with Crippen LogP contribution in [0.4, 0.5) is 0 Å². The van der Waals surface area contributed by atoms with E-state index >= 15 is 0 Å². The van der Waals surface area contributed by atoms with Crippen molar-refractivity contribution in [2.75, 3.05) is 6.67 Å². The van der Waals surface area contributed by atoms with Crippen molar-refractivity contribution in [1.82, 2.24) is 9.80 Å². The first-order valence-corrected chi connectivity index (χ1v) is 18.5. The van der Waals surface area contributed by atoms with Crippen molar-refractivity contribution < 1.29 is 0 Å². The monoisotopic (exact) mass is 668 g/mol. The summed E-state index contributed by atoms with van der Waals surface area (Å²) >= 11 is 0. The summed E-state index contributed by atoms with van der Waals surface area (Å²) < 4.78 is 0. The Kier molecular flexibility index (Phi) is 9.84. The second-order valence-corrected chi connectivity index (χ2v) is 14.8. The lowest BCUT2D eigenvalue weighted by molar-refractivity contribution is 0.163. The molecule has 0 N–H and O–H groups in total. The van der Waals surface area contributed by atoms with Gasteiger partial charge in [0.2, 0.25) is 0 Å². The zero-order chi connectivity index (χ0) is 35.8. The Morgan fingerprint density at radius 2 is 0.627 bits per heavy atom. The predicted molar refractivity (Wildman–Crippen MR) is 214 cm³/mol. The van der Waals surface area contributed by atoms with Crippen molar-refractivity contribution in [3.63, 3.8) is 0 Å². The van der Waals surface area contributed by atoms with Crippen LogP contribution in [0.2, 0.25) is 0 Å². The van der Waals surface area contributed by atoms with E-state index in [1.807, 2.05) is 0 Å². The fourth-order valence-corrected chi connectivity index (χ4v) is 8.59. The molecule has 7 rings (SSSR count). The lowest BCUT2D eigenvalue weighted by Crippen LogP contribution is -2.34. The molecular weight excluding hydrogens is 617 g/mol. The van der Waals surface area contributed by atoms with E-state index in [9.17, 15) is 0 Å². The standard InChI is InChI=1S/C49H52N2/c1-32-19-15-27-42(36(32)5)48(43-28-16-20-33(2)37(43)6)50-31-51(47(41-25-13-10-14-26-41)46(50)40-23-11-9-12-24-40)49(44-29-17-21-34(3)38(44)7)45-30-18-22-35(4)39(45)8/h9-30,46-49H,31H2,1-8H3/t46-,47-/m0/s1. The highest BCUT2D eigenvalue weighted by Gasteiger charge is 2.49. The van der Waals surface area contributed by atoms with Crippen molar-refractivity contribution in [1.29, 1.82) is 0 Å². The number of hydrogen-bond donors (Lipinski definition) is 0. The molecule has 0 amide bonds. The maximum Gasteiger partial charge on any atom is 0.0625 e. The maximum atomic E-state index is 2.83. The molecular formula is C49H52N2. The van der Waals surface area contributed by atoms with Gasteiger partial charge in [0.15, 0.2) is 0 Å². The summed E-state index contributed by atoms with van der Waals surface area (Å²) in [5.74, 6) is 0. The highest BCUT2D eigenvalue weighted by atomic mass is 15.4. The Bertz CT molecular complexity index is 1890. The van der Waals surface area contributed by atoms with Gasteiger partial charge in [0, 0.05) is 0 Å². The first-order valence-electron chi connectivity index (χ1n) is 18.5.